The molecule has 4 aromatic rings. The fourth-order valence-corrected chi connectivity index (χ4v) is 17.5. The number of aromatic nitrogens is 1. The Morgan fingerprint density at radius 1 is 0.859 bits per heavy atom. The molecule has 1 aromatic heterocycles. The number of aliphatic hydroxyl groups is 5. The third-order valence-corrected chi connectivity index (χ3v) is 21.5. The number of benzene rings is 3. The Balaban J connectivity index is 1.01. The number of hydrogen-bond acceptors (Lipinski definition) is 11. The Kier molecular flexibility index (Phi) is 18.8. The third-order valence-electron chi connectivity index (χ3n) is 19.1. The maximum atomic E-state index is 12.7. The summed E-state index contributed by atoms with van der Waals surface area (Å²) < 4.78 is 6.99. The lowest BCUT2D eigenvalue weighted by Gasteiger charge is -2.43. The van der Waals surface area contributed by atoms with Crippen LogP contribution in [0.15, 0.2) is 126 Å². The van der Waals surface area contributed by atoms with Gasteiger partial charge in [0.2, 0.25) is 0 Å². The minimum absolute atomic E-state index is 0.00772. The first kappa shape index (κ1) is 56.7. The SMILES string of the molecule is CC[C@H]1Cc2cc(O)c(O[C@H]3C[C@@H](Cc4ccc[nH]4)C4=CCNC(N)=C4CSSC[C@H](CO)[C@@H]3O)cc2[C@H]2C[C@@H](O)[C@@H]3[C@@H](C#C[C@](CCO)(C[C@H](CC4(c5ccccc5)CCCCC4)c4ccccc4)CCCC[C@@H]3O)C=C12. The van der Waals surface area contributed by atoms with Crippen LogP contribution in [0, 0.1) is 46.8 Å². The number of allylic oxidation sites excluding steroid dienone is 3. The minimum atomic E-state index is -1.06. The normalized spacial score (nSPS) is 30.8. The van der Waals surface area contributed by atoms with Gasteiger partial charge >= 0.3 is 0 Å². The Morgan fingerprint density at radius 3 is 2.38 bits per heavy atom. The zero-order valence-corrected chi connectivity index (χ0v) is 47.3. The van der Waals surface area contributed by atoms with E-state index in [1.54, 1.807) is 21.6 Å². The maximum absolute atomic E-state index is 12.7. The number of fused-ring (bicyclic) bond motifs is 5. The number of aliphatic hydroxyl groups excluding tert-OH is 5. The van der Waals surface area contributed by atoms with Crippen molar-refractivity contribution in [3.63, 3.8) is 0 Å². The molecular formula is C66H85N3O7S2. The molecule has 10 rings (SSSR count). The molecule has 12 atom stereocenters. The van der Waals surface area contributed by atoms with Crippen LogP contribution in [0.25, 0.3) is 0 Å². The van der Waals surface area contributed by atoms with Crippen molar-refractivity contribution in [3.05, 3.63) is 154 Å². The number of hydrogen-bond donors (Lipinski definition) is 9. The number of dihydropyridines is 1. The molecule has 4 aliphatic carbocycles. The third kappa shape index (κ3) is 12.6. The molecule has 2 fully saturated rings. The van der Waals surface area contributed by atoms with Gasteiger partial charge in [0.25, 0.3) is 0 Å². The number of aromatic hydroxyl groups is 1. The van der Waals surface area contributed by atoms with Crippen LogP contribution in [0.4, 0.5) is 0 Å². The number of nitrogens with one attached hydrogen (secondary N) is 2. The predicted octanol–water partition coefficient (Wildman–Crippen LogP) is 11.1. The smallest absolute Gasteiger partial charge is 0.161 e. The molecule has 0 spiro atoms. The molecule has 2 aliphatic heterocycles. The van der Waals surface area contributed by atoms with E-state index in [0.29, 0.717) is 62.4 Å². The van der Waals surface area contributed by atoms with Gasteiger partial charge in [-0.2, -0.15) is 0 Å². The molecule has 3 aromatic carbocycles. The number of nitrogens with two attached hydrogens (primary N) is 1. The van der Waals surface area contributed by atoms with Crippen LogP contribution in [0.2, 0.25) is 0 Å². The van der Waals surface area contributed by atoms with Crippen LogP contribution in [0.5, 0.6) is 11.5 Å². The van der Waals surface area contributed by atoms with Crippen molar-refractivity contribution in [1.29, 1.82) is 0 Å². The summed E-state index contributed by atoms with van der Waals surface area (Å²) in [6.07, 6.45) is 17.3. The Bertz CT molecular complexity index is 2770. The Hall–Kier alpha value is -4.58. The average Bonchev–Trinajstić information content (AvgIpc) is 4.03. The lowest BCUT2D eigenvalue weighted by Crippen LogP contribution is -2.42. The van der Waals surface area contributed by atoms with Crippen LogP contribution < -0.4 is 15.8 Å². The number of phenolic OH excluding ortho intramolecular Hbond substituents is 1. The summed E-state index contributed by atoms with van der Waals surface area (Å²) in [5, 5.41) is 74.4. The Labute approximate surface area is 471 Å². The van der Waals surface area contributed by atoms with E-state index in [2.05, 4.69) is 108 Å². The second kappa shape index (κ2) is 25.9. The lowest BCUT2D eigenvalue weighted by molar-refractivity contribution is -0.0214. The zero-order chi connectivity index (χ0) is 54.2. The van der Waals surface area contributed by atoms with Crippen LogP contribution in [0.3, 0.4) is 0 Å². The fourth-order valence-electron chi connectivity index (χ4n) is 14.9. The van der Waals surface area contributed by atoms with E-state index in [-0.39, 0.29) is 53.8 Å². The van der Waals surface area contributed by atoms with E-state index in [1.165, 1.54) is 36.0 Å². The van der Waals surface area contributed by atoms with Crippen molar-refractivity contribution in [2.75, 3.05) is 31.3 Å². The number of rotatable bonds is 14. The molecule has 0 radical (unpaired) electrons. The summed E-state index contributed by atoms with van der Waals surface area (Å²) in [6, 6.07) is 30.0. The van der Waals surface area contributed by atoms with Gasteiger partial charge in [-0.05, 0) is 152 Å². The predicted molar refractivity (Wildman–Crippen MR) is 316 cm³/mol. The first-order valence-electron chi connectivity index (χ1n) is 29.4. The maximum Gasteiger partial charge on any atom is 0.161 e. The Morgan fingerprint density at radius 2 is 1.64 bits per heavy atom. The molecule has 0 unspecified atom stereocenters. The molecule has 1 saturated heterocycles. The van der Waals surface area contributed by atoms with E-state index in [0.717, 1.165) is 79.3 Å². The van der Waals surface area contributed by atoms with Gasteiger partial charge in [0.05, 0.1) is 18.3 Å². The minimum Gasteiger partial charge on any atom is -0.504 e. The summed E-state index contributed by atoms with van der Waals surface area (Å²) >= 11 is 0. The highest BCUT2D eigenvalue weighted by Gasteiger charge is 2.45. The van der Waals surface area contributed by atoms with Gasteiger partial charge in [-0.1, -0.05) is 151 Å². The summed E-state index contributed by atoms with van der Waals surface area (Å²) in [6.45, 7) is 2.59. The van der Waals surface area contributed by atoms with Crippen LogP contribution in [-0.2, 0) is 18.3 Å². The van der Waals surface area contributed by atoms with Crippen LogP contribution >= 0.6 is 21.6 Å². The molecule has 0 amide bonds. The second-order valence-corrected chi connectivity index (χ2v) is 26.4. The van der Waals surface area contributed by atoms with E-state index in [9.17, 15) is 30.6 Å². The first-order valence-corrected chi connectivity index (χ1v) is 31.9. The first-order chi connectivity index (χ1) is 38.0. The van der Waals surface area contributed by atoms with Crippen molar-refractivity contribution in [1.82, 2.24) is 10.3 Å². The van der Waals surface area contributed by atoms with Gasteiger partial charge < -0.3 is 51.4 Å². The number of ether oxygens (including phenoxy) is 1. The van der Waals surface area contributed by atoms with E-state index in [1.807, 2.05) is 24.4 Å². The monoisotopic (exact) mass is 1100 g/mol. The molecule has 10 nitrogen and oxygen atoms in total. The van der Waals surface area contributed by atoms with Gasteiger partial charge in [-0.25, -0.2) is 0 Å². The molecule has 78 heavy (non-hydrogen) atoms. The van der Waals surface area contributed by atoms with Gasteiger partial charge in [-0.3, -0.25) is 0 Å². The molecule has 418 valence electrons. The highest BCUT2D eigenvalue weighted by Crippen LogP contribution is 2.53. The summed E-state index contributed by atoms with van der Waals surface area (Å²) in [5.41, 5.74) is 15.4. The quantitative estimate of drug-likeness (QED) is 0.0333. The topological polar surface area (TPSA) is 184 Å². The summed E-state index contributed by atoms with van der Waals surface area (Å²) in [5.74, 6) is 8.39. The average molecular weight is 1100 g/mol. The highest BCUT2D eigenvalue weighted by atomic mass is 33.1. The summed E-state index contributed by atoms with van der Waals surface area (Å²) in [7, 11) is 3.27. The fraction of sp³-hybridized carbons (Fsp3) is 0.545. The number of aromatic amines is 1. The van der Waals surface area contributed by atoms with E-state index >= 15 is 0 Å². The van der Waals surface area contributed by atoms with Crippen molar-refractivity contribution in [2.24, 2.45) is 40.7 Å². The van der Waals surface area contributed by atoms with Gasteiger partial charge in [0.15, 0.2) is 11.5 Å². The van der Waals surface area contributed by atoms with Gasteiger partial charge in [-0.15, -0.1) is 0 Å². The van der Waals surface area contributed by atoms with Gasteiger partial charge in [0, 0.05) is 77.8 Å². The molecular weight excluding hydrogens is 1010 g/mol. The highest BCUT2D eigenvalue weighted by molar-refractivity contribution is 8.76. The van der Waals surface area contributed by atoms with Crippen LogP contribution in [0.1, 0.15) is 143 Å². The molecule has 12 heteroatoms. The standard InChI is InChI=1S/C66H85N3O7S2/c1-2-43-31-46-34-58(73)60(76-61-35-47(32-51-19-14-28-68-51)52-22-29-69-64(67)56(52)42-78-77-41-49(40-71)63(61)75)37-54(46)55-36-59(74)62-45(33-53(43)55)21-26-65(27-30-70,23-13-10-20-57(62)72)38-48(44-15-6-3-7-16-44)39-66(24-11-5-12-25-66)50-17-8-4-9-18-50/h3-4,6-9,14-19,22,28,33-34,37,43,45,47-49,55,57,59,61-63,68-75H,2,5,10-13,20,23-25,27,29-32,35-36,38-42,67H2,1H3/t43-,45-,47+,48+,49-,55-,57-,59+,61-,62+,63-,65+/m0/s1. The van der Waals surface area contributed by atoms with E-state index < -0.39 is 47.6 Å². The zero-order valence-electron chi connectivity index (χ0n) is 45.7. The van der Waals surface area contributed by atoms with Crippen LogP contribution in [-0.4, -0.2) is 91.3 Å². The van der Waals surface area contributed by atoms with E-state index in [4.69, 9.17) is 10.5 Å². The molecule has 10 N–H and O–H groups in total. The van der Waals surface area contributed by atoms with Gasteiger partial charge in [0.1, 0.15) is 11.9 Å². The van der Waals surface area contributed by atoms with Crippen molar-refractivity contribution in [3.8, 4) is 23.3 Å². The second-order valence-electron chi connectivity index (χ2n) is 23.9. The molecule has 1 saturated carbocycles. The number of H-pyrrole nitrogens is 1. The van der Waals surface area contributed by atoms with Crippen molar-refractivity contribution >= 4 is 21.6 Å². The lowest BCUT2D eigenvalue weighted by atomic mass is 9.61. The molecule has 6 aliphatic rings. The van der Waals surface area contributed by atoms with Crippen molar-refractivity contribution in [2.45, 2.75) is 158 Å². The number of phenols is 1. The summed E-state index contributed by atoms with van der Waals surface area (Å²) in [4.78, 5) is 3.38. The largest absolute Gasteiger partial charge is 0.504 e. The van der Waals surface area contributed by atoms with Crippen molar-refractivity contribution < 1.29 is 35.4 Å². The molecule has 0 bridgehead atoms. The molecule has 3 heterocycles.